The van der Waals surface area contributed by atoms with Crippen LogP contribution in [0.25, 0.3) is 22.3 Å². The van der Waals surface area contributed by atoms with Gasteiger partial charge < -0.3 is 4.74 Å². The summed E-state index contributed by atoms with van der Waals surface area (Å²) in [5, 5.41) is 4.64. The second kappa shape index (κ2) is 10.3. The Kier molecular flexibility index (Phi) is 6.79. The number of ether oxygens (including phenoxy) is 1. The summed E-state index contributed by atoms with van der Waals surface area (Å²) in [5.74, 6) is 0.611. The zero-order valence-corrected chi connectivity index (χ0v) is 20.3. The number of rotatable bonds is 6. The molecular weight excluding hydrogens is 491 g/mol. The van der Waals surface area contributed by atoms with Gasteiger partial charge in [-0.25, -0.2) is 4.98 Å². The van der Waals surface area contributed by atoms with E-state index in [1.165, 1.54) is 18.3 Å². The first kappa shape index (κ1) is 25.0. The van der Waals surface area contributed by atoms with E-state index in [-0.39, 0.29) is 11.4 Å². The van der Waals surface area contributed by atoms with Crippen LogP contribution in [0.1, 0.15) is 22.3 Å². The highest BCUT2D eigenvalue weighted by Gasteiger charge is 2.31. The molecule has 0 amide bonds. The van der Waals surface area contributed by atoms with Crippen LogP contribution in [0.15, 0.2) is 107 Å². The highest BCUT2D eigenvalue weighted by molar-refractivity contribution is 5.82. The lowest BCUT2D eigenvalue weighted by Crippen LogP contribution is -2.20. The predicted octanol–water partition coefficient (Wildman–Crippen LogP) is 6.85. The van der Waals surface area contributed by atoms with E-state index in [0.717, 1.165) is 27.9 Å². The summed E-state index contributed by atoms with van der Waals surface area (Å²) in [6.45, 7) is 2.40. The SMILES string of the molecule is Cc1ccc(COc2cccc(C=Nn3c(-c4cccc(C(F)(F)F)c4)nc4ccccc4c3=O)c2)cc1. The Morgan fingerprint density at radius 3 is 2.47 bits per heavy atom. The van der Waals surface area contributed by atoms with Crippen molar-refractivity contribution >= 4 is 17.1 Å². The maximum atomic E-state index is 13.4. The third-order valence-corrected chi connectivity index (χ3v) is 5.91. The molecule has 0 unspecified atom stereocenters. The lowest BCUT2D eigenvalue weighted by atomic mass is 10.1. The average molecular weight is 514 g/mol. The molecule has 0 aliphatic heterocycles. The quantitative estimate of drug-likeness (QED) is 0.233. The molecule has 0 spiro atoms. The van der Waals surface area contributed by atoms with E-state index in [1.807, 2.05) is 37.3 Å². The topological polar surface area (TPSA) is 56.5 Å². The van der Waals surface area contributed by atoms with Crippen LogP contribution in [0.4, 0.5) is 13.2 Å². The Bertz CT molecular complexity index is 1690. The molecule has 0 saturated heterocycles. The Hall–Kier alpha value is -4.72. The van der Waals surface area contributed by atoms with Gasteiger partial charge in [0.25, 0.3) is 5.56 Å². The summed E-state index contributed by atoms with van der Waals surface area (Å²) in [4.78, 5) is 17.8. The summed E-state index contributed by atoms with van der Waals surface area (Å²) in [5.41, 5.74) is 1.97. The Morgan fingerprint density at radius 2 is 1.68 bits per heavy atom. The van der Waals surface area contributed by atoms with Crippen LogP contribution in [-0.2, 0) is 12.8 Å². The first-order valence-corrected chi connectivity index (χ1v) is 11.8. The molecule has 1 heterocycles. The van der Waals surface area contributed by atoms with E-state index < -0.39 is 17.3 Å². The molecule has 0 bridgehead atoms. The molecule has 1 aromatic heterocycles. The molecule has 8 heteroatoms. The molecule has 0 N–H and O–H groups in total. The van der Waals surface area contributed by atoms with Crippen LogP contribution in [0.2, 0.25) is 0 Å². The van der Waals surface area contributed by atoms with Crippen LogP contribution >= 0.6 is 0 Å². The van der Waals surface area contributed by atoms with Gasteiger partial charge >= 0.3 is 6.18 Å². The number of aromatic nitrogens is 2. The first-order valence-electron chi connectivity index (χ1n) is 11.8. The molecule has 0 atom stereocenters. The van der Waals surface area contributed by atoms with Crippen molar-refractivity contribution < 1.29 is 17.9 Å². The van der Waals surface area contributed by atoms with E-state index in [4.69, 9.17) is 4.74 Å². The molecular formula is C30H22F3N3O2. The molecule has 0 aliphatic rings. The van der Waals surface area contributed by atoms with E-state index in [2.05, 4.69) is 10.1 Å². The smallest absolute Gasteiger partial charge is 0.416 e. The van der Waals surface area contributed by atoms with Gasteiger partial charge in [0.15, 0.2) is 5.82 Å². The lowest BCUT2D eigenvalue weighted by molar-refractivity contribution is -0.137. The molecule has 5 aromatic rings. The number of fused-ring (bicyclic) bond motifs is 1. The van der Waals surface area contributed by atoms with Crippen molar-refractivity contribution in [3.05, 3.63) is 130 Å². The molecule has 0 radical (unpaired) electrons. The number of halogens is 3. The van der Waals surface area contributed by atoms with Gasteiger partial charge in [0, 0.05) is 5.56 Å². The third-order valence-electron chi connectivity index (χ3n) is 5.91. The largest absolute Gasteiger partial charge is 0.489 e. The van der Waals surface area contributed by atoms with Gasteiger partial charge in [0.1, 0.15) is 12.4 Å². The fraction of sp³-hybridized carbons (Fsp3) is 0.100. The van der Waals surface area contributed by atoms with Crippen LogP contribution in [0.5, 0.6) is 5.75 Å². The maximum absolute atomic E-state index is 13.4. The van der Waals surface area contributed by atoms with Gasteiger partial charge in [0.05, 0.1) is 22.7 Å². The van der Waals surface area contributed by atoms with Crippen molar-refractivity contribution in [3.8, 4) is 17.1 Å². The molecule has 5 rings (SSSR count). The van der Waals surface area contributed by atoms with Crippen LogP contribution in [-0.4, -0.2) is 15.9 Å². The van der Waals surface area contributed by atoms with Gasteiger partial charge in [-0.3, -0.25) is 4.79 Å². The van der Waals surface area contributed by atoms with E-state index in [1.54, 1.807) is 42.5 Å². The number of para-hydroxylation sites is 1. The Morgan fingerprint density at radius 1 is 0.921 bits per heavy atom. The van der Waals surface area contributed by atoms with E-state index >= 15 is 0 Å². The Labute approximate surface area is 216 Å². The zero-order chi connectivity index (χ0) is 26.7. The minimum absolute atomic E-state index is 0.00262. The first-order chi connectivity index (χ1) is 18.3. The second-order valence-corrected chi connectivity index (χ2v) is 8.74. The molecule has 0 saturated carbocycles. The van der Waals surface area contributed by atoms with Crippen molar-refractivity contribution in [1.29, 1.82) is 0 Å². The number of aryl methyl sites for hydroxylation is 1. The zero-order valence-electron chi connectivity index (χ0n) is 20.3. The molecule has 0 fully saturated rings. The number of alkyl halides is 3. The Balaban J connectivity index is 1.51. The predicted molar refractivity (Wildman–Crippen MR) is 141 cm³/mol. The number of benzene rings is 4. The van der Waals surface area contributed by atoms with Gasteiger partial charge in [-0.2, -0.15) is 22.9 Å². The van der Waals surface area contributed by atoms with E-state index in [0.29, 0.717) is 28.8 Å². The van der Waals surface area contributed by atoms with Crippen LogP contribution in [0, 0.1) is 6.92 Å². The van der Waals surface area contributed by atoms with Crippen molar-refractivity contribution in [1.82, 2.24) is 9.66 Å². The summed E-state index contributed by atoms with van der Waals surface area (Å²) < 4.78 is 47.1. The monoisotopic (exact) mass is 513 g/mol. The minimum Gasteiger partial charge on any atom is -0.489 e. The summed E-state index contributed by atoms with van der Waals surface area (Å²) in [6, 6.07) is 26.5. The minimum atomic E-state index is -4.54. The molecule has 190 valence electrons. The molecule has 0 aliphatic carbocycles. The number of nitrogens with zero attached hydrogens (tertiary/aromatic N) is 3. The average Bonchev–Trinajstić information content (AvgIpc) is 2.92. The number of hydrogen-bond acceptors (Lipinski definition) is 4. The maximum Gasteiger partial charge on any atom is 0.416 e. The van der Waals surface area contributed by atoms with E-state index in [9.17, 15) is 18.0 Å². The second-order valence-electron chi connectivity index (χ2n) is 8.74. The molecule has 38 heavy (non-hydrogen) atoms. The van der Waals surface area contributed by atoms with Crippen molar-refractivity contribution in [2.24, 2.45) is 5.10 Å². The third kappa shape index (κ3) is 5.49. The highest BCUT2D eigenvalue weighted by Crippen LogP contribution is 2.32. The van der Waals surface area contributed by atoms with Gasteiger partial charge in [-0.1, -0.05) is 66.2 Å². The van der Waals surface area contributed by atoms with Crippen molar-refractivity contribution in [3.63, 3.8) is 0 Å². The van der Waals surface area contributed by atoms with Gasteiger partial charge in [-0.15, -0.1) is 0 Å². The summed E-state index contributed by atoms with van der Waals surface area (Å²) in [7, 11) is 0. The van der Waals surface area contributed by atoms with Crippen molar-refractivity contribution in [2.45, 2.75) is 19.7 Å². The molecule has 4 aromatic carbocycles. The highest BCUT2D eigenvalue weighted by atomic mass is 19.4. The van der Waals surface area contributed by atoms with Crippen LogP contribution < -0.4 is 10.3 Å². The van der Waals surface area contributed by atoms with Gasteiger partial charge in [-0.05, 0) is 54.4 Å². The van der Waals surface area contributed by atoms with Crippen LogP contribution in [0.3, 0.4) is 0 Å². The summed E-state index contributed by atoms with van der Waals surface area (Å²) >= 11 is 0. The van der Waals surface area contributed by atoms with Crippen molar-refractivity contribution in [2.75, 3.05) is 0 Å². The number of hydrogen-bond donors (Lipinski definition) is 0. The van der Waals surface area contributed by atoms with Gasteiger partial charge in [0.2, 0.25) is 0 Å². The fourth-order valence-corrected chi connectivity index (χ4v) is 3.91. The lowest BCUT2D eigenvalue weighted by Gasteiger charge is -2.12. The fourth-order valence-electron chi connectivity index (χ4n) is 3.91. The summed E-state index contributed by atoms with van der Waals surface area (Å²) in [6.07, 6.45) is -3.09. The standard InChI is InChI=1S/C30H22F3N3O2/c1-20-12-14-21(15-13-20)19-38-25-9-4-6-22(16-25)18-34-36-28(23-7-5-8-24(17-23)30(31,32)33)35-27-11-3-2-10-26(27)29(36)37/h2-18H,19H2,1H3. The normalized spacial score (nSPS) is 11.8. The molecule has 5 nitrogen and oxygen atoms in total.